The maximum absolute atomic E-state index is 10.5. The minimum absolute atomic E-state index is 0.00502. The molecule has 1 amide bonds. The summed E-state index contributed by atoms with van der Waals surface area (Å²) in [4.78, 5) is 20.5. The molecule has 0 aliphatic carbocycles. The SMILES string of the molecule is O=C(S)NCc1ccccc1[N+](=O)[O-]. The van der Waals surface area contributed by atoms with Gasteiger partial charge in [0, 0.05) is 11.6 Å². The molecule has 0 saturated heterocycles. The van der Waals surface area contributed by atoms with Crippen LogP contribution in [-0.4, -0.2) is 10.2 Å². The summed E-state index contributed by atoms with van der Waals surface area (Å²) in [5, 5.41) is 12.4. The van der Waals surface area contributed by atoms with Gasteiger partial charge in [0.05, 0.1) is 11.5 Å². The Balaban J connectivity index is 2.84. The van der Waals surface area contributed by atoms with Gasteiger partial charge in [0.15, 0.2) is 0 Å². The van der Waals surface area contributed by atoms with Crippen LogP contribution in [0.5, 0.6) is 0 Å². The molecule has 0 spiro atoms. The summed E-state index contributed by atoms with van der Waals surface area (Å²) in [5.41, 5.74) is 0.453. The summed E-state index contributed by atoms with van der Waals surface area (Å²) in [7, 11) is 0. The molecule has 0 aliphatic rings. The molecule has 5 nitrogen and oxygen atoms in total. The van der Waals surface area contributed by atoms with Crippen LogP contribution in [0.15, 0.2) is 24.3 Å². The van der Waals surface area contributed by atoms with Crippen molar-refractivity contribution < 1.29 is 9.72 Å². The molecule has 1 N–H and O–H groups in total. The summed E-state index contributed by atoms with van der Waals surface area (Å²) < 4.78 is 0. The van der Waals surface area contributed by atoms with Crippen LogP contribution in [0, 0.1) is 10.1 Å². The number of nitrogens with zero attached hydrogens (tertiary/aromatic N) is 1. The van der Waals surface area contributed by atoms with Gasteiger partial charge in [-0.2, -0.15) is 0 Å². The van der Waals surface area contributed by atoms with Crippen molar-refractivity contribution in [2.75, 3.05) is 0 Å². The van der Waals surface area contributed by atoms with Crippen molar-refractivity contribution in [2.24, 2.45) is 0 Å². The van der Waals surface area contributed by atoms with E-state index in [1.54, 1.807) is 18.2 Å². The number of hydrogen-bond donors (Lipinski definition) is 2. The van der Waals surface area contributed by atoms with Crippen LogP contribution in [0.2, 0.25) is 0 Å². The summed E-state index contributed by atoms with van der Waals surface area (Å²) in [6.45, 7) is 0.111. The molecule has 0 bridgehead atoms. The molecular formula is C8H8N2O3S. The maximum atomic E-state index is 10.5. The van der Waals surface area contributed by atoms with Crippen molar-refractivity contribution in [2.45, 2.75) is 6.54 Å². The number of thiol groups is 1. The van der Waals surface area contributed by atoms with E-state index in [0.717, 1.165) is 0 Å². The van der Waals surface area contributed by atoms with Gasteiger partial charge >= 0.3 is 0 Å². The van der Waals surface area contributed by atoms with Crippen LogP contribution >= 0.6 is 12.6 Å². The Bertz CT molecular complexity index is 367. The van der Waals surface area contributed by atoms with Gasteiger partial charge in [-0.1, -0.05) is 30.8 Å². The first-order valence-electron chi connectivity index (χ1n) is 3.80. The predicted octanol–water partition coefficient (Wildman–Crippen LogP) is 1.73. The fourth-order valence-electron chi connectivity index (χ4n) is 1.01. The molecule has 0 fully saturated rings. The van der Waals surface area contributed by atoms with Gasteiger partial charge in [0.25, 0.3) is 10.9 Å². The third-order valence-corrected chi connectivity index (χ3v) is 1.78. The first-order chi connectivity index (χ1) is 6.61. The average molecular weight is 212 g/mol. The zero-order valence-electron chi connectivity index (χ0n) is 7.14. The van der Waals surface area contributed by atoms with Crippen molar-refractivity contribution in [1.82, 2.24) is 5.32 Å². The van der Waals surface area contributed by atoms with E-state index < -0.39 is 10.2 Å². The number of nitro benzene ring substituents is 1. The van der Waals surface area contributed by atoms with E-state index in [1.807, 2.05) is 0 Å². The monoisotopic (exact) mass is 212 g/mol. The van der Waals surface area contributed by atoms with E-state index in [-0.39, 0.29) is 12.2 Å². The lowest BCUT2D eigenvalue weighted by molar-refractivity contribution is -0.385. The Morgan fingerprint density at radius 2 is 2.14 bits per heavy atom. The normalized spacial score (nSPS) is 9.50. The quantitative estimate of drug-likeness (QED) is 0.455. The highest BCUT2D eigenvalue weighted by molar-refractivity contribution is 7.96. The maximum Gasteiger partial charge on any atom is 0.276 e. The second kappa shape index (κ2) is 4.61. The number of rotatable bonds is 3. The number of amides is 1. The third kappa shape index (κ3) is 2.74. The van der Waals surface area contributed by atoms with Crippen molar-refractivity contribution in [3.8, 4) is 0 Å². The number of hydrogen-bond acceptors (Lipinski definition) is 3. The number of benzene rings is 1. The molecule has 0 radical (unpaired) electrons. The van der Waals surface area contributed by atoms with Crippen molar-refractivity contribution in [3.05, 3.63) is 39.9 Å². The highest BCUT2D eigenvalue weighted by atomic mass is 32.1. The molecule has 0 unspecified atom stereocenters. The fraction of sp³-hybridized carbons (Fsp3) is 0.125. The Kier molecular flexibility index (Phi) is 3.47. The summed E-state index contributed by atoms with van der Waals surface area (Å²) in [6.07, 6.45) is 0. The van der Waals surface area contributed by atoms with E-state index in [9.17, 15) is 14.9 Å². The van der Waals surface area contributed by atoms with Gasteiger partial charge in [-0.3, -0.25) is 14.9 Å². The molecule has 1 rings (SSSR count). The van der Waals surface area contributed by atoms with Gasteiger partial charge < -0.3 is 5.32 Å². The number of nitrogens with one attached hydrogen (secondary N) is 1. The molecule has 6 heteroatoms. The minimum Gasteiger partial charge on any atom is -0.343 e. The van der Waals surface area contributed by atoms with Crippen LogP contribution in [0.1, 0.15) is 5.56 Å². The van der Waals surface area contributed by atoms with Gasteiger partial charge in [-0.15, -0.1) is 0 Å². The van der Waals surface area contributed by atoms with Gasteiger partial charge in [0.2, 0.25) is 0 Å². The molecule has 0 heterocycles. The highest BCUT2D eigenvalue weighted by Crippen LogP contribution is 2.16. The smallest absolute Gasteiger partial charge is 0.276 e. The first kappa shape index (κ1) is 10.5. The van der Waals surface area contributed by atoms with E-state index in [1.165, 1.54) is 6.07 Å². The van der Waals surface area contributed by atoms with Crippen LogP contribution in [0.3, 0.4) is 0 Å². The lowest BCUT2D eigenvalue weighted by Gasteiger charge is -2.02. The topological polar surface area (TPSA) is 72.2 Å². The number of para-hydroxylation sites is 1. The van der Waals surface area contributed by atoms with E-state index in [2.05, 4.69) is 17.9 Å². The summed E-state index contributed by atoms with van der Waals surface area (Å²) >= 11 is 3.49. The van der Waals surface area contributed by atoms with E-state index in [0.29, 0.717) is 5.56 Å². The van der Waals surface area contributed by atoms with Gasteiger partial charge in [-0.05, 0) is 0 Å². The molecule has 0 saturated carbocycles. The molecule has 1 aromatic rings. The standard InChI is InChI=1S/C8H8N2O3S/c11-8(14)9-5-6-3-1-2-4-7(6)10(12)13/h1-4H,5H2,(H2,9,11,14). The third-order valence-electron chi connectivity index (χ3n) is 1.62. The Hall–Kier alpha value is -1.56. The molecule has 0 aromatic heterocycles. The van der Waals surface area contributed by atoms with Crippen molar-refractivity contribution in [3.63, 3.8) is 0 Å². The van der Waals surface area contributed by atoms with Crippen LogP contribution in [-0.2, 0) is 6.54 Å². The molecule has 74 valence electrons. The highest BCUT2D eigenvalue weighted by Gasteiger charge is 2.11. The zero-order valence-corrected chi connectivity index (χ0v) is 8.03. The minimum atomic E-state index is -0.511. The lowest BCUT2D eigenvalue weighted by atomic mass is 10.2. The van der Waals surface area contributed by atoms with Crippen LogP contribution in [0.25, 0.3) is 0 Å². The Labute approximate surface area is 85.7 Å². The van der Waals surface area contributed by atoms with Crippen molar-refractivity contribution >= 4 is 23.6 Å². The van der Waals surface area contributed by atoms with E-state index in [4.69, 9.17) is 0 Å². The van der Waals surface area contributed by atoms with E-state index >= 15 is 0 Å². The van der Waals surface area contributed by atoms with Crippen LogP contribution < -0.4 is 5.32 Å². The second-order valence-corrected chi connectivity index (χ2v) is 2.95. The lowest BCUT2D eigenvalue weighted by Crippen LogP contribution is -2.16. The Morgan fingerprint density at radius 3 is 2.71 bits per heavy atom. The molecular weight excluding hydrogens is 204 g/mol. The summed E-state index contributed by atoms with van der Waals surface area (Å²) in [5.74, 6) is 0. The van der Waals surface area contributed by atoms with Gasteiger partial charge in [-0.25, -0.2) is 0 Å². The molecule has 14 heavy (non-hydrogen) atoms. The second-order valence-electron chi connectivity index (χ2n) is 2.54. The van der Waals surface area contributed by atoms with Crippen molar-refractivity contribution in [1.29, 1.82) is 0 Å². The fourth-order valence-corrected chi connectivity index (χ4v) is 1.09. The number of carbonyl (C=O) groups excluding carboxylic acids is 1. The molecule has 1 aromatic carbocycles. The molecule has 0 atom stereocenters. The first-order valence-corrected chi connectivity index (χ1v) is 4.25. The van der Waals surface area contributed by atoms with Crippen LogP contribution in [0.4, 0.5) is 10.5 Å². The number of carbonyl (C=O) groups is 1. The number of nitro groups is 1. The zero-order chi connectivity index (χ0) is 10.6. The Morgan fingerprint density at radius 1 is 1.50 bits per heavy atom. The largest absolute Gasteiger partial charge is 0.343 e. The predicted molar refractivity (Wildman–Crippen MR) is 54.3 cm³/mol. The van der Waals surface area contributed by atoms with Gasteiger partial charge in [0.1, 0.15) is 0 Å². The molecule has 0 aliphatic heterocycles. The summed E-state index contributed by atoms with van der Waals surface area (Å²) in [6, 6.07) is 6.22. The average Bonchev–Trinajstić information content (AvgIpc) is 2.15.